The second-order valence-electron chi connectivity index (χ2n) is 7.63. The van der Waals surface area contributed by atoms with Crippen LogP contribution in [0.4, 0.5) is 0 Å². The monoisotopic (exact) mass is 271 g/mol. The highest BCUT2D eigenvalue weighted by Crippen LogP contribution is 2.62. The molecule has 4 bridgehead atoms. The van der Waals surface area contributed by atoms with E-state index in [1.807, 2.05) is 12.4 Å². The first-order chi connectivity index (χ1) is 9.76. The average molecular weight is 271 g/mol. The van der Waals surface area contributed by atoms with Gasteiger partial charge in [-0.1, -0.05) is 0 Å². The normalized spacial score (nSPS) is 40.0. The van der Waals surface area contributed by atoms with Gasteiger partial charge in [-0.15, -0.1) is 0 Å². The van der Waals surface area contributed by atoms with Gasteiger partial charge < -0.3 is 5.32 Å². The minimum Gasteiger partial charge on any atom is -0.313 e. The molecule has 1 heterocycles. The maximum Gasteiger partial charge on any atom is 0.115 e. The summed E-state index contributed by atoms with van der Waals surface area (Å²) in [4.78, 5) is 8.39. The lowest BCUT2D eigenvalue weighted by molar-refractivity contribution is -0.0619. The van der Waals surface area contributed by atoms with E-state index in [4.69, 9.17) is 0 Å². The summed E-state index contributed by atoms with van der Waals surface area (Å²) in [6, 6.07) is 0.424. The zero-order chi connectivity index (χ0) is 13.6. The zero-order valence-corrected chi connectivity index (χ0v) is 12.4. The van der Waals surface area contributed by atoms with E-state index in [9.17, 15) is 0 Å². The number of hydrogen-bond acceptors (Lipinski definition) is 3. The van der Waals surface area contributed by atoms with Crippen LogP contribution in [0.5, 0.6) is 0 Å². The minimum atomic E-state index is 0.424. The summed E-state index contributed by atoms with van der Waals surface area (Å²) in [6.45, 7) is 0. The topological polar surface area (TPSA) is 37.8 Å². The standard InChI is InChI=1S/C17H25N3/c1-18-16(15-9-19-11-20-10-15)8-17-5-12-2-13(6-17)4-14(3-12)7-17/h9-14,16,18H,2-8H2,1H3. The fraction of sp³-hybridized carbons (Fsp3) is 0.765. The Bertz CT molecular complexity index is 435. The van der Waals surface area contributed by atoms with E-state index in [0.717, 1.165) is 17.8 Å². The van der Waals surface area contributed by atoms with Crippen LogP contribution < -0.4 is 5.32 Å². The molecule has 0 saturated heterocycles. The first-order valence-corrected chi connectivity index (χ1v) is 8.18. The third kappa shape index (κ3) is 2.16. The van der Waals surface area contributed by atoms with Crippen LogP contribution in [0.25, 0.3) is 0 Å². The number of aromatic nitrogens is 2. The molecule has 1 atom stereocenters. The Morgan fingerprint density at radius 2 is 1.65 bits per heavy atom. The number of nitrogens with zero attached hydrogens (tertiary/aromatic N) is 2. The molecule has 5 rings (SSSR count). The Morgan fingerprint density at radius 1 is 1.10 bits per heavy atom. The van der Waals surface area contributed by atoms with Gasteiger partial charge >= 0.3 is 0 Å². The quantitative estimate of drug-likeness (QED) is 0.912. The van der Waals surface area contributed by atoms with Gasteiger partial charge in [0.2, 0.25) is 0 Å². The summed E-state index contributed by atoms with van der Waals surface area (Å²) in [5, 5.41) is 3.51. The van der Waals surface area contributed by atoms with E-state index < -0.39 is 0 Å². The van der Waals surface area contributed by atoms with E-state index in [-0.39, 0.29) is 0 Å². The predicted molar refractivity (Wildman–Crippen MR) is 79.1 cm³/mol. The van der Waals surface area contributed by atoms with Gasteiger partial charge in [0, 0.05) is 24.0 Å². The highest BCUT2D eigenvalue weighted by Gasteiger charge is 2.51. The second-order valence-corrected chi connectivity index (χ2v) is 7.63. The molecular formula is C17H25N3. The van der Waals surface area contributed by atoms with Crippen molar-refractivity contribution in [3.8, 4) is 0 Å². The summed E-state index contributed by atoms with van der Waals surface area (Å²) >= 11 is 0. The predicted octanol–water partition coefficient (Wildman–Crippen LogP) is 3.34. The number of rotatable bonds is 4. The Kier molecular flexibility index (Phi) is 3.06. The smallest absolute Gasteiger partial charge is 0.115 e. The molecule has 4 fully saturated rings. The van der Waals surface area contributed by atoms with Gasteiger partial charge in [0.05, 0.1) is 0 Å². The van der Waals surface area contributed by atoms with Crippen molar-refractivity contribution >= 4 is 0 Å². The van der Waals surface area contributed by atoms with E-state index in [1.54, 1.807) is 6.33 Å². The summed E-state index contributed by atoms with van der Waals surface area (Å²) in [7, 11) is 2.08. The number of hydrogen-bond donors (Lipinski definition) is 1. The average Bonchev–Trinajstić information content (AvgIpc) is 2.44. The molecule has 1 unspecified atom stereocenters. The van der Waals surface area contributed by atoms with Gasteiger partial charge in [-0.25, -0.2) is 9.97 Å². The van der Waals surface area contributed by atoms with Crippen LogP contribution in [0.1, 0.15) is 56.6 Å². The molecule has 3 nitrogen and oxygen atoms in total. The number of nitrogens with one attached hydrogen (secondary N) is 1. The molecule has 108 valence electrons. The van der Waals surface area contributed by atoms with Gasteiger partial charge in [-0.2, -0.15) is 0 Å². The van der Waals surface area contributed by atoms with Crippen LogP contribution in [0.2, 0.25) is 0 Å². The molecule has 0 amide bonds. The molecule has 1 aromatic heterocycles. The molecule has 0 aromatic carbocycles. The largest absolute Gasteiger partial charge is 0.313 e. The van der Waals surface area contributed by atoms with Crippen molar-refractivity contribution in [1.29, 1.82) is 0 Å². The first kappa shape index (κ1) is 12.8. The first-order valence-electron chi connectivity index (χ1n) is 8.18. The molecule has 0 aliphatic heterocycles. The Morgan fingerprint density at radius 3 is 2.15 bits per heavy atom. The molecule has 1 aromatic rings. The third-order valence-electron chi connectivity index (χ3n) is 6.13. The van der Waals surface area contributed by atoms with Crippen molar-refractivity contribution in [2.75, 3.05) is 7.05 Å². The lowest BCUT2D eigenvalue weighted by Gasteiger charge is -2.57. The Balaban J connectivity index is 1.55. The van der Waals surface area contributed by atoms with Crippen LogP contribution in [0.15, 0.2) is 18.7 Å². The van der Waals surface area contributed by atoms with Crippen molar-refractivity contribution < 1.29 is 0 Å². The van der Waals surface area contributed by atoms with Crippen molar-refractivity contribution in [3.63, 3.8) is 0 Å². The van der Waals surface area contributed by atoms with Crippen molar-refractivity contribution in [3.05, 3.63) is 24.3 Å². The fourth-order valence-electron chi connectivity index (χ4n) is 5.85. The molecule has 1 N–H and O–H groups in total. The molecular weight excluding hydrogens is 246 g/mol. The van der Waals surface area contributed by atoms with Crippen LogP contribution in [0, 0.1) is 23.2 Å². The molecule has 4 aliphatic carbocycles. The SMILES string of the molecule is CNC(CC12CC3CC(CC(C3)C1)C2)c1cncnc1. The Hall–Kier alpha value is -0.960. The van der Waals surface area contributed by atoms with Crippen LogP contribution in [0.3, 0.4) is 0 Å². The van der Waals surface area contributed by atoms with E-state index in [1.165, 1.54) is 50.5 Å². The maximum absolute atomic E-state index is 4.20. The summed E-state index contributed by atoms with van der Waals surface area (Å²) in [5.41, 5.74) is 1.86. The van der Waals surface area contributed by atoms with Crippen molar-refractivity contribution in [2.24, 2.45) is 23.2 Å². The van der Waals surface area contributed by atoms with Gasteiger partial charge in [0.1, 0.15) is 6.33 Å². The summed E-state index contributed by atoms with van der Waals surface area (Å²) < 4.78 is 0. The second kappa shape index (κ2) is 4.80. The maximum atomic E-state index is 4.20. The van der Waals surface area contributed by atoms with Crippen LogP contribution >= 0.6 is 0 Å². The summed E-state index contributed by atoms with van der Waals surface area (Å²) in [6.07, 6.45) is 15.9. The Labute approximate surface area is 121 Å². The van der Waals surface area contributed by atoms with Crippen molar-refractivity contribution in [2.45, 2.75) is 51.0 Å². The minimum absolute atomic E-state index is 0.424. The summed E-state index contributed by atoms with van der Waals surface area (Å²) in [5.74, 6) is 3.10. The van der Waals surface area contributed by atoms with Gasteiger partial charge in [0.15, 0.2) is 0 Å². The van der Waals surface area contributed by atoms with Gasteiger partial charge in [-0.05, 0) is 75.2 Å². The van der Waals surface area contributed by atoms with Crippen molar-refractivity contribution in [1.82, 2.24) is 15.3 Å². The third-order valence-corrected chi connectivity index (χ3v) is 6.13. The van der Waals surface area contributed by atoms with Crippen LogP contribution in [-0.4, -0.2) is 17.0 Å². The lowest BCUT2D eigenvalue weighted by Crippen LogP contribution is -2.47. The molecule has 0 radical (unpaired) electrons. The van der Waals surface area contributed by atoms with E-state index in [2.05, 4.69) is 22.3 Å². The zero-order valence-electron chi connectivity index (χ0n) is 12.4. The van der Waals surface area contributed by atoms with Gasteiger partial charge in [0.25, 0.3) is 0 Å². The fourth-order valence-corrected chi connectivity index (χ4v) is 5.85. The highest BCUT2D eigenvalue weighted by atomic mass is 14.9. The van der Waals surface area contributed by atoms with Gasteiger partial charge in [-0.3, -0.25) is 0 Å². The molecule has 20 heavy (non-hydrogen) atoms. The van der Waals surface area contributed by atoms with E-state index in [0.29, 0.717) is 11.5 Å². The molecule has 0 spiro atoms. The molecule has 4 saturated carbocycles. The van der Waals surface area contributed by atoms with E-state index >= 15 is 0 Å². The molecule has 3 heteroatoms. The van der Waals surface area contributed by atoms with Crippen LogP contribution in [-0.2, 0) is 0 Å². The lowest BCUT2D eigenvalue weighted by atomic mass is 9.48. The molecule has 4 aliphatic rings. The highest BCUT2D eigenvalue weighted by molar-refractivity contribution is 5.12.